The molecule has 0 atom stereocenters. The van der Waals surface area contributed by atoms with Crippen molar-refractivity contribution in [3.8, 4) is 0 Å². The van der Waals surface area contributed by atoms with Crippen molar-refractivity contribution in [3.05, 3.63) is 18.2 Å². The molecule has 76 valence electrons. The van der Waals surface area contributed by atoms with E-state index in [-0.39, 0.29) is 11.8 Å². The molecule has 14 heavy (non-hydrogen) atoms. The van der Waals surface area contributed by atoms with Crippen LogP contribution in [0.15, 0.2) is 12.4 Å². The summed E-state index contributed by atoms with van der Waals surface area (Å²) in [4.78, 5) is 15.6. The molecule has 2 rings (SSSR count). The second-order valence-corrected chi connectivity index (χ2v) is 3.53. The molecule has 1 fully saturated rings. The maximum Gasteiger partial charge on any atom is 0.226 e. The lowest BCUT2D eigenvalue weighted by atomic mass is 10.0. The summed E-state index contributed by atoms with van der Waals surface area (Å²) >= 11 is 0. The Balaban J connectivity index is 1.82. The summed E-state index contributed by atoms with van der Waals surface area (Å²) < 4.78 is 1.90. The number of hydrogen-bond acceptors (Lipinski definition) is 3. The lowest BCUT2D eigenvalue weighted by Gasteiger charge is -2.25. The highest BCUT2D eigenvalue weighted by atomic mass is 16.2. The van der Waals surface area contributed by atoms with Crippen LogP contribution in [0.3, 0.4) is 0 Å². The SMILES string of the molecule is Cn1ccnc1CNC(=O)C1CNC1. The molecule has 0 spiro atoms. The molecule has 1 amide bonds. The van der Waals surface area contributed by atoms with Gasteiger partial charge in [-0.05, 0) is 0 Å². The lowest BCUT2D eigenvalue weighted by Crippen LogP contribution is -2.50. The lowest BCUT2D eigenvalue weighted by molar-refractivity contribution is -0.126. The minimum atomic E-state index is 0.117. The van der Waals surface area contributed by atoms with E-state index < -0.39 is 0 Å². The van der Waals surface area contributed by atoms with E-state index in [2.05, 4.69) is 15.6 Å². The third kappa shape index (κ3) is 1.77. The quantitative estimate of drug-likeness (QED) is 0.666. The van der Waals surface area contributed by atoms with Crippen LogP contribution in [0.5, 0.6) is 0 Å². The van der Waals surface area contributed by atoms with Crippen molar-refractivity contribution in [1.29, 1.82) is 0 Å². The highest BCUT2D eigenvalue weighted by molar-refractivity contribution is 5.79. The van der Waals surface area contributed by atoms with Crippen LogP contribution in [0.4, 0.5) is 0 Å². The van der Waals surface area contributed by atoms with Crippen LogP contribution in [0.2, 0.25) is 0 Å². The Kier molecular flexibility index (Phi) is 2.49. The molecular weight excluding hydrogens is 180 g/mol. The van der Waals surface area contributed by atoms with Crippen LogP contribution in [0, 0.1) is 5.92 Å². The van der Waals surface area contributed by atoms with Gasteiger partial charge in [-0.15, -0.1) is 0 Å². The van der Waals surface area contributed by atoms with Gasteiger partial charge in [0.25, 0.3) is 0 Å². The fourth-order valence-corrected chi connectivity index (χ4v) is 1.35. The molecule has 2 heterocycles. The molecule has 1 aliphatic heterocycles. The molecule has 2 N–H and O–H groups in total. The van der Waals surface area contributed by atoms with E-state index in [0.717, 1.165) is 18.9 Å². The summed E-state index contributed by atoms with van der Waals surface area (Å²) in [6.45, 7) is 2.11. The number of carbonyl (C=O) groups excluding carboxylic acids is 1. The van der Waals surface area contributed by atoms with Gasteiger partial charge in [-0.3, -0.25) is 4.79 Å². The van der Waals surface area contributed by atoms with Gasteiger partial charge in [0.15, 0.2) is 0 Å². The molecule has 1 aliphatic rings. The van der Waals surface area contributed by atoms with Crippen LogP contribution in [0.25, 0.3) is 0 Å². The van der Waals surface area contributed by atoms with Crippen molar-refractivity contribution < 1.29 is 4.79 Å². The molecule has 0 aromatic carbocycles. The second kappa shape index (κ2) is 3.79. The Labute approximate surface area is 82.5 Å². The second-order valence-electron chi connectivity index (χ2n) is 3.53. The number of aromatic nitrogens is 2. The largest absolute Gasteiger partial charge is 0.349 e. The van der Waals surface area contributed by atoms with Crippen molar-refractivity contribution in [2.24, 2.45) is 13.0 Å². The monoisotopic (exact) mass is 194 g/mol. The Morgan fingerprint density at radius 1 is 1.79 bits per heavy atom. The summed E-state index contributed by atoms with van der Waals surface area (Å²) in [7, 11) is 1.92. The summed E-state index contributed by atoms with van der Waals surface area (Å²) in [5.41, 5.74) is 0. The fourth-order valence-electron chi connectivity index (χ4n) is 1.35. The average molecular weight is 194 g/mol. The van der Waals surface area contributed by atoms with Gasteiger partial charge < -0.3 is 15.2 Å². The Morgan fingerprint density at radius 2 is 2.57 bits per heavy atom. The highest BCUT2D eigenvalue weighted by Gasteiger charge is 2.24. The molecule has 0 aliphatic carbocycles. The maximum atomic E-state index is 11.4. The first kappa shape index (κ1) is 9.21. The molecule has 1 aromatic heterocycles. The standard InChI is InChI=1S/C9H14N4O/c1-13-3-2-11-8(13)6-12-9(14)7-4-10-5-7/h2-3,7,10H,4-6H2,1H3,(H,12,14). The molecular formula is C9H14N4O. The van der Waals surface area contributed by atoms with Crippen molar-refractivity contribution in [3.63, 3.8) is 0 Å². The zero-order chi connectivity index (χ0) is 9.97. The smallest absolute Gasteiger partial charge is 0.226 e. The highest BCUT2D eigenvalue weighted by Crippen LogP contribution is 2.02. The number of nitrogens with zero attached hydrogens (tertiary/aromatic N) is 2. The molecule has 5 heteroatoms. The zero-order valence-electron chi connectivity index (χ0n) is 8.16. The van der Waals surface area contributed by atoms with Crippen LogP contribution < -0.4 is 10.6 Å². The van der Waals surface area contributed by atoms with E-state index in [9.17, 15) is 4.79 Å². The average Bonchev–Trinajstić information content (AvgIpc) is 2.44. The molecule has 1 aromatic rings. The van der Waals surface area contributed by atoms with Crippen LogP contribution >= 0.6 is 0 Å². The first-order valence-electron chi connectivity index (χ1n) is 4.72. The van der Waals surface area contributed by atoms with Crippen LogP contribution in [-0.2, 0) is 18.4 Å². The number of imidazole rings is 1. The van der Waals surface area contributed by atoms with E-state index in [1.165, 1.54) is 0 Å². The molecule has 0 radical (unpaired) electrons. The van der Waals surface area contributed by atoms with E-state index in [1.54, 1.807) is 6.20 Å². The third-order valence-corrected chi connectivity index (χ3v) is 2.49. The third-order valence-electron chi connectivity index (χ3n) is 2.49. The normalized spacial score (nSPS) is 16.4. The molecule has 0 unspecified atom stereocenters. The molecule has 0 saturated carbocycles. The van der Waals surface area contributed by atoms with E-state index >= 15 is 0 Å². The summed E-state index contributed by atoms with van der Waals surface area (Å²) in [5, 5.41) is 5.93. The Morgan fingerprint density at radius 3 is 3.07 bits per heavy atom. The summed E-state index contributed by atoms with van der Waals surface area (Å²) in [6, 6.07) is 0. The van der Waals surface area contributed by atoms with Crippen molar-refractivity contribution >= 4 is 5.91 Å². The number of amides is 1. The van der Waals surface area contributed by atoms with Gasteiger partial charge in [-0.1, -0.05) is 0 Å². The molecule has 1 saturated heterocycles. The van der Waals surface area contributed by atoms with Gasteiger partial charge in [0.2, 0.25) is 5.91 Å². The van der Waals surface area contributed by atoms with E-state index in [1.807, 2.05) is 17.8 Å². The number of rotatable bonds is 3. The first-order valence-corrected chi connectivity index (χ1v) is 4.72. The van der Waals surface area contributed by atoms with Crippen molar-refractivity contribution in [2.45, 2.75) is 6.54 Å². The zero-order valence-corrected chi connectivity index (χ0v) is 8.16. The van der Waals surface area contributed by atoms with Crippen molar-refractivity contribution in [2.75, 3.05) is 13.1 Å². The van der Waals surface area contributed by atoms with Gasteiger partial charge in [0.05, 0.1) is 12.5 Å². The summed E-state index contributed by atoms with van der Waals surface area (Å²) in [6.07, 6.45) is 3.60. The maximum absolute atomic E-state index is 11.4. The van der Waals surface area contributed by atoms with Gasteiger partial charge in [-0.25, -0.2) is 4.98 Å². The summed E-state index contributed by atoms with van der Waals surface area (Å²) in [5.74, 6) is 1.15. The molecule has 0 bridgehead atoms. The fraction of sp³-hybridized carbons (Fsp3) is 0.556. The Hall–Kier alpha value is -1.36. The number of aryl methyl sites for hydroxylation is 1. The van der Waals surface area contributed by atoms with Gasteiger partial charge in [0, 0.05) is 32.5 Å². The van der Waals surface area contributed by atoms with E-state index in [4.69, 9.17) is 0 Å². The first-order chi connectivity index (χ1) is 6.77. The topological polar surface area (TPSA) is 59.0 Å². The van der Waals surface area contributed by atoms with Gasteiger partial charge in [-0.2, -0.15) is 0 Å². The van der Waals surface area contributed by atoms with Gasteiger partial charge >= 0.3 is 0 Å². The minimum Gasteiger partial charge on any atom is -0.349 e. The van der Waals surface area contributed by atoms with Crippen LogP contribution in [0.1, 0.15) is 5.82 Å². The Bertz CT molecular complexity index is 329. The number of carbonyl (C=O) groups is 1. The predicted molar refractivity (Wildman–Crippen MR) is 51.4 cm³/mol. The minimum absolute atomic E-state index is 0.117. The van der Waals surface area contributed by atoms with Crippen LogP contribution in [-0.4, -0.2) is 28.5 Å². The molecule has 5 nitrogen and oxygen atoms in total. The van der Waals surface area contributed by atoms with Gasteiger partial charge in [0.1, 0.15) is 5.82 Å². The number of hydrogen-bond donors (Lipinski definition) is 2. The van der Waals surface area contributed by atoms with E-state index in [0.29, 0.717) is 6.54 Å². The predicted octanol–water partition coefficient (Wildman–Crippen LogP) is -0.744. The number of nitrogens with one attached hydrogen (secondary N) is 2. The van der Waals surface area contributed by atoms with Crippen molar-refractivity contribution in [1.82, 2.24) is 20.2 Å².